The average molecular weight is 279 g/mol. The highest BCUT2D eigenvalue weighted by Crippen LogP contribution is 2.18. The molecule has 2 rings (SSSR count). The molecule has 0 atom stereocenters. The van der Waals surface area contributed by atoms with E-state index in [9.17, 15) is 9.59 Å². The van der Waals surface area contributed by atoms with Crippen LogP contribution >= 0.6 is 0 Å². The number of nitrogens with one attached hydrogen (secondary N) is 1. The monoisotopic (exact) mass is 279 g/mol. The Labute approximate surface area is 116 Å². The number of carboxylic acids is 1. The molecule has 1 aromatic rings. The number of nitrogens with zero attached hydrogens (tertiary/aromatic N) is 2. The molecular formula is C13H17N3O4. The number of anilines is 1. The molecule has 0 unspecified atom stereocenters. The van der Waals surface area contributed by atoms with Gasteiger partial charge < -0.3 is 20.1 Å². The van der Waals surface area contributed by atoms with Gasteiger partial charge in [-0.3, -0.25) is 9.59 Å². The van der Waals surface area contributed by atoms with Gasteiger partial charge in [0, 0.05) is 25.8 Å². The molecular weight excluding hydrogens is 262 g/mol. The van der Waals surface area contributed by atoms with Crippen LogP contribution in [0.4, 0.5) is 5.82 Å². The molecule has 0 aromatic carbocycles. The van der Waals surface area contributed by atoms with Crippen molar-refractivity contribution >= 4 is 17.7 Å². The third kappa shape index (κ3) is 3.67. The molecule has 2 heterocycles. The van der Waals surface area contributed by atoms with Crippen molar-refractivity contribution in [2.75, 3.05) is 37.7 Å². The molecule has 108 valence electrons. The standard InChI is InChI=1S/C13H17N3O4/c17-11(18)3-5-15-13(19)10-2-1-4-14-12(10)16-6-8-20-9-7-16/h1-2,4H,3,5-9H2,(H,15,19)(H,17,18). The van der Waals surface area contributed by atoms with Crippen LogP contribution in [-0.4, -0.2) is 54.8 Å². The summed E-state index contributed by atoms with van der Waals surface area (Å²) in [5.74, 6) is -0.630. The van der Waals surface area contributed by atoms with Gasteiger partial charge in [-0.2, -0.15) is 0 Å². The maximum absolute atomic E-state index is 12.1. The van der Waals surface area contributed by atoms with Gasteiger partial charge >= 0.3 is 5.97 Å². The summed E-state index contributed by atoms with van der Waals surface area (Å²) in [5.41, 5.74) is 0.458. The van der Waals surface area contributed by atoms with Crippen molar-refractivity contribution in [1.29, 1.82) is 0 Å². The van der Waals surface area contributed by atoms with Crippen LogP contribution in [-0.2, 0) is 9.53 Å². The van der Waals surface area contributed by atoms with Gasteiger partial charge in [0.15, 0.2) is 0 Å². The van der Waals surface area contributed by atoms with Gasteiger partial charge in [-0.1, -0.05) is 0 Å². The zero-order valence-corrected chi connectivity index (χ0v) is 11.0. The number of carbonyl (C=O) groups excluding carboxylic acids is 1. The lowest BCUT2D eigenvalue weighted by Crippen LogP contribution is -2.38. The Morgan fingerprint density at radius 3 is 2.85 bits per heavy atom. The molecule has 1 aliphatic rings. The van der Waals surface area contributed by atoms with Crippen molar-refractivity contribution in [2.24, 2.45) is 0 Å². The number of carbonyl (C=O) groups is 2. The van der Waals surface area contributed by atoms with Crippen molar-refractivity contribution in [3.05, 3.63) is 23.9 Å². The smallest absolute Gasteiger partial charge is 0.305 e. The normalized spacial score (nSPS) is 14.9. The zero-order valence-electron chi connectivity index (χ0n) is 11.0. The molecule has 7 nitrogen and oxygen atoms in total. The summed E-state index contributed by atoms with van der Waals surface area (Å²) in [7, 11) is 0. The minimum atomic E-state index is -0.940. The molecule has 1 saturated heterocycles. The molecule has 1 aliphatic heterocycles. The Morgan fingerprint density at radius 1 is 1.40 bits per heavy atom. The maximum Gasteiger partial charge on any atom is 0.305 e. The first-order chi connectivity index (χ1) is 9.68. The number of aromatic nitrogens is 1. The van der Waals surface area contributed by atoms with Crippen molar-refractivity contribution in [2.45, 2.75) is 6.42 Å². The number of morpholine rings is 1. The number of pyridine rings is 1. The molecule has 0 bridgehead atoms. The second kappa shape index (κ2) is 6.85. The molecule has 0 radical (unpaired) electrons. The van der Waals surface area contributed by atoms with Crippen LogP contribution in [0.3, 0.4) is 0 Å². The van der Waals surface area contributed by atoms with Gasteiger partial charge in [-0.25, -0.2) is 4.98 Å². The highest BCUT2D eigenvalue weighted by Gasteiger charge is 2.19. The largest absolute Gasteiger partial charge is 0.481 e. The summed E-state index contributed by atoms with van der Waals surface area (Å²) in [4.78, 5) is 28.8. The van der Waals surface area contributed by atoms with Gasteiger partial charge in [0.25, 0.3) is 5.91 Å². The van der Waals surface area contributed by atoms with E-state index >= 15 is 0 Å². The topological polar surface area (TPSA) is 91.8 Å². The van der Waals surface area contributed by atoms with E-state index in [0.29, 0.717) is 37.7 Å². The first kappa shape index (κ1) is 14.3. The number of hydrogen-bond donors (Lipinski definition) is 2. The van der Waals surface area contributed by atoms with Crippen LogP contribution in [0, 0.1) is 0 Å². The molecule has 1 amide bonds. The number of aliphatic carboxylic acids is 1. The van der Waals surface area contributed by atoms with E-state index in [1.807, 2.05) is 4.90 Å². The first-order valence-electron chi connectivity index (χ1n) is 6.46. The predicted molar refractivity (Wildman–Crippen MR) is 71.9 cm³/mol. The minimum Gasteiger partial charge on any atom is -0.481 e. The Morgan fingerprint density at radius 2 is 2.15 bits per heavy atom. The number of ether oxygens (including phenoxy) is 1. The van der Waals surface area contributed by atoms with Crippen LogP contribution in [0.1, 0.15) is 16.8 Å². The molecule has 0 saturated carbocycles. The predicted octanol–water partition coefficient (Wildman–Crippen LogP) is 0.123. The molecule has 0 aliphatic carbocycles. The molecule has 7 heteroatoms. The van der Waals surface area contributed by atoms with Crippen LogP contribution in [0.25, 0.3) is 0 Å². The summed E-state index contributed by atoms with van der Waals surface area (Å²) in [5, 5.41) is 11.2. The van der Waals surface area contributed by atoms with E-state index in [-0.39, 0.29) is 18.9 Å². The van der Waals surface area contributed by atoms with Gasteiger partial charge in [0.05, 0.1) is 25.2 Å². The van der Waals surface area contributed by atoms with E-state index in [1.54, 1.807) is 18.3 Å². The quantitative estimate of drug-likeness (QED) is 0.795. The zero-order chi connectivity index (χ0) is 14.4. The average Bonchev–Trinajstić information content (AvgIpc) is 2.47. The van der Waals surface area contributed by atoms with Gasteiger partial charge in [-0.05, 0) is 12.1 Å². The number of hydrogen-bond acceptors (Lipinski definition) is 5. The lowest BCUT2D eigenvalue weighted by Gasteiger charge is -2.29. The lowest BCUT2D eigenvalue weighted by atomic mass is 10.2. The second-order valence-electron chi connectivity index (χ2n) is 4.37. The number of rotatable bonds is 5. The summed E-state index contributed by atoms with van der Waals surface area (Å²) < 4.78 is 5.28. The van der Waals surface area contributed by atoms with E-state index in [0.717, 1.165) is 0 Å². The van der Waals surface area contributed by atoms with Crippen LogP contribution in [0.2, 0.25) is 0 Å². The fourth-order valence-corrected chi connectivity index (χ4v) is 1.98. The highest BCUT2D eigenvalue weighted by atomic mass is 16.5. The fourth-order valence-electron chi connectivity index (χ4n) is 1.98. The van der Waals surface area contributed by atoms with E-state index in [4.69, 9.17) is 9.84 Å². The molecule has 2 N–H and O–H groups in total. The van der Waals surface area contributed by atoms with Crippen LogP contribution < -0.4 is 10.2 Å². The fraction of sp³-hybridized carbons (Fsp3) is 0.462. The maximum atomic E-state index is 12.1. The third-order valence-electron chi connectivity index (χ3n) is 2.97. The number of amides is 1. The van der Waals surface area contributed by atoms with Crippen molar-refractivity contribution in [3.8, 4) is 0 Å². The molecule has 0 spiro atoms. The van der Waals surface area contributed by atoms with Crippen molar-refractivity contribution < 1.29 is 19.4 Å². The van der Waals surface area contributed by atoms with Gasteiger partial charge in [0.1, 0.15) is 5.82 Å². The summed E-state index contributed by atoms with van der Waals surface area (Å²) in [6, 6.07) is 3.38. The Hall–Kier alpha value is -2.15. The summed E-state index contributed by atoms with van der Waals surface area (Å²) >= 11 is 0. The van der Waals surface area contributed by atoms with E-state index < -0.39 is 5.97 Å². The van der Waals surface area contributed by atoms with Crippen LogP contribution in [0.15, 0.2) is 18.3 Å². The van der Waals surface area contributed by atoms with E-state index in [2.05, 4.69) is 10.3 Å². The molecule has 20 heavy (non-hydrogen) atoms. The Kier molecular flexibility index (Phi) is 4.89. The molecule has 1 aromatic heterocycles. The summed E-state index contributed by atoms with van der Waals surface area (Å²) in [6.07, 6.45) is 1.54. The van der Waals surface area contributed by atoms with E-state index in [1.165, 1.54) is 0 Å². The lowest BCUT2D eigenvalue weighted by molar-refractivity contribution is -0.136. The Balaban J connectivity index is 2.06. The minimum absolute atomic E-state index is 0.0983. The van der Waals surface area contributed by atoms with Gasteiger partial charge in [0.2, 0.25) is 0 Å². The second-order valence-corrected chi connectivity index (χ2v) is 4.37. The first-order valence-corrected chi connectivity index (χ1v) is 6.46. The highest BCUT2D eigenvalue weighted by molar-refractivity contribution is 5.99. The van der Waals surface area contributed by atoms with Crippen molar-refractivity contribution in [1.82, 2.24) is 10.3 Å². The summed E-state index contributed by atoms with van der Waals surface area (Å²) in [6.45, 7) is 2.69. The Bertz CT molecular complexity index is 486. The molecule has 1 fully saturated rings. The van der Waals surface area contributed by atoms with Crippen LogP contribution in [0.5, 0.6) is 0 Å². The number of carboxylic acid groups (broad SMARTS) is 1. The SMILES string of the molecule is O=C(O)CCNC(=O)c1cccnc1N1CCOCC1. The van der Waals surface area contributed by atoms with Gasteiger partial charge in [-0.15, -0.1) is 0 Å². The van der Waals surface area contributed by atoms with Crippen molar-refractivity contribution in [3.63, 3.8) is 0 Å². The third-order valence-corrected chi connectivity index (χ3v) is 2.97.